The molecular weight excluding hydrogens is 560 g/mol. The highest BCUT2D eigenvalue weighted by Crippen LogP contribution is 2.31. The van der Waals surface area contributed by atoms with Gasteiger partial charge in [0.25, 0.3) is 11.8 Å². The lowest BCUT2D eigenvalue weighted by atomic mass is 10.1. The molecule has 2 aromatic carbocycles. The lowest BCUT2D eigenvalue weighted by Gasteiger charge is -2.38. The van der Waals surface area contributed by atoms with Gasteiger partial charge in [0.15, 0.2) is 4.47 Å². The molecule has 0 unspecified atom stereocenters. The molecule has 3 aromatic rings. The third-order valence-electron chi connectivity index (χ3n) is 7.62. The van der Waals surface area contributed by atoms with Crippen LogP contribution in [0.5, 0.6) is 0 Å². The Kier molecular flexibility index (Phi) is 9.09. The second-order valence-electron chi connectivity index (χ2n) is 10.4. The molecule has 3 amide bonds. The minimum atomic E-state index is -0.306. The fraction of sp³-hybridized carbons (Fsp3) is 0.400. The van der Waals surface area contributed by atoms with Crippen LogP contribution in [0.15, 0.2) is 42.5 Å². The van der Waals surface area contributed by atoms with Crippen LogP contribution in [-0.2, 0) is 4.79 Å². The van der Waals surface area contributed by atoms with Gasteiger partial charge in [-0.1, -0.05) is 41.1 Å². The highest BCUT2D eigenvalue weighted by molar-refractivity contribution is 7.17. The fourth-order valence-corrected chi connectivity index (χ4v) is 6.47. The number of carbonyl (C=O) groups is 3. The molecule has 2 aliphatic heterocycles. The SMILES string of the molecule is Cc1ccccc1N1CCN(c2ccc(C(=O)NCCCN3CCCC3=O)cc2NC(=O)c2sc(Cl)nc2C)CC1. The summed E-state index contributed by atoms with van der Waals surface area (Å²) in [6.45, 7) is 8.98. The molecule has 2 saturated heterocycles. The van der Waals surface area contributed by atoms with Gasteiger partial charge < -0.3 is 25.3 Å². The van der Waals surface area contributed by atoms with E-state index in [1.54, 1.807) is 19.1 Å². The molecule has 0 radical (unpaired) electrons. The van der Waals surface area contributed by atoms with E-state index in [0.717, 1.165) is 56.2 Å². The number of aryl methyl sites for hydroxylation is 2. The lowest BCUT2D eigenvalue weighted by Crippen LogP contribution is -2.47. The standard InChI is InChI=1S/C30H35ClN6O3S/c1-20-7-3-4-8-24(20)35-15-17-36(18-16-35)25-11-10-22(28(39)32-12-6-14-37-13-5-9-26(37)38)19-23(25)34-29(40)27-21(2)33-30(31)41-27/h3-4,7-8,10-11,19H,5-6,9,12-18H2,1-2H3,(H,32,39)(H,34,40). The molecule has 0 saturated carbocycles. The number of hydrogen-bond acceptors (Lipinski definition) is 7. The van der Waals surface area contributed by atoms with Crippen LogP contribution in [0.3, 0.4) is 0 Å². The van der Waals surface area contributed by atoms with Gasteiger partial charge in [-0.05, 0) is 56.5 Å². The smallest absolute Gasteiger partial charge is 0.267 e. The Hall–Kier alpha value is -3.63. The number of benzene rings is 2. The first kappa shape index (κ1) is 28.9. The van der Waals surface area contributed by atoms with E-state index in [-0.39, 0.29) is 17.7 Å². The number of anilines is 3. The zero-order chi connectivity index (χ0) is 28.9. The van der Waals surface area contributed by atoms with Crippen molar-refractivity contribution in [3.63, 3.8) is 0 Å². The van der Waals surface area contributed by atoms with E-state index < -0.39 is 0 Å². The van der Waals surface area contributed by atoms with Gasteiger partial charge in [0.1, 0.15) is 4.88 Å². The van der Waals surface area contributed by atoms with E-state index in [0.29, 0.717) is 52.2 Å². The Morgan fingerprint density at radius 2 is 1.71 bits per heavy atom. The van der Waals surface area contributed by atoms with E-state index in [4.69, 9.17) is 11.6 Å². The van der Waals surface area contributed by atoms with Crippen molar-refractivity contribution in [1.29, 1.82) is 0 Å². The van der Waals surface area contributed by atoms with Crippen LogP contribution in [0.4, 0.5) is 17.1 Å². The van der Waals surface area contributed by atoms with E-state index in [1.807, 2.05) is 17.0 Å². The van der Waals surface area contributed by atoms with Crippen LogP contribution in [0.1, 0.15) is 50.5 Å². The number of piperazine rings is 1. The minimum Gasteiger partial charge on any atom is -0.368 e. The Bertz CT molecular complexity index is 1440. The highest BCUT2D eigenvalue weighted by Gasteiger charge is 2.24. The van der Waals surface area contributed by atoms with Crippen LogP contribution in [0.25, 0.3) is 0 Å². The summed E-state index contributed by atoms with van der Waals surface area (Å²) in [6.07, 6.45) is 2.21. The van der Waals surface area contributed by atoms with Crippen LogP contribution >= 0.6 is 22.9 Å². The molecule has 0 atom stereocenters. The van der Waals surface area contributed by atoms with E-state index in [1.165, 1.54) is 11.3 Å². The zero-order valence-corrected chi connectivity index (χ0v) is 25.0. The number of carbonyl (C=O) groups excluding carboxylic acids is 3. The summed E-state index contributed by atoms with van der Waals surface area (Å²) in [6, 6.07) is 13.8. The predicted molar refractivity (Wildman–Crippen MR) is 165 cm³/mol. The number of thiazole rings is 1. The van der Waals surface area contributed by atoms with Gasteiger partial charge in [0, 0.05) is 63.5 Å². The van der Waals surface area contributed by atoms with Crippen LogP contribution in [0.2, 0.25) is 4.47 Å². The molecule has 2 N–H and O–H groups in total. The van der Waals surface area contributed by atoms with E-state index >= 15 is 0 Å². The molecule has 3 heterocycles. The van der Waals surface area contributed by atoms with Gasteiger partial charge in [0.05, 0.1) is 17.1 Å². The first-order chi connectivity index (χ1) is 19.8. The van der Waals surface area contributed by atoms with Gasteiger partial charge >= 0.3 is 0 Å². The predicted octanol–water partition coefficient (Wildman–Crippen LogP) is 4.73. The van der Waals surface area contributed by atoms with Gasteiger partial charge in [-0.2, -0.15) is 0 Å². The summed E-state index contributed by atoms with van der Waals surface area (Å²) in [7, 11) is 0. The third kappa shape index (κ3) is 6.82. The maximum absolute atomic E-state index is 13.2. The van der Waals surface area contributed by atoms with Crippen LogP contribution < -0.4 is 20.4 Å². The lowest BCUT2D eigenvalue weighted by molar-refractivity contribution is -0.127. The third-order valence-corrected chi connectivity index (χ3v) is 8.88. The second-order valence-corrected chi connectivity index (χ2v) is 12.0. The number of para-hydroxylation sites is 1. The van der Waals surface area contributed by atoms with Crippen LogP contribution in [-0.4, -0.2) is 73.4 Å². The number of likely N-dealkylation sites (tertiary alicyclic amines) is 1. The number of rotatable bonds is 9. The number of aromatic nitrogens is 1. The number of nitrogens with zero attached hydrogens (tertiary/aromatic N) is 4. The molecule has 41 heavy (non-hydrogen) atoms. The number of halogens is 1. The van der Waals surface area contributed by atoms with Gasteiger partial charge in [-0.15, -0.1) is 0 Å². The Morgan fingerprint density at radius 3 is 2.37 bits per heavy atom. The monoisotopic (exact) mass is 594 g/mol. The summed E-state index contributed by atoms with van der Waals surface area (Å²) in [5.41, 5.74) is 4.93. The van der Waals surface area contributed by atoms with E-state index in [9.17, 15) is 14.4 Å². The molecule has 11 heteroatoms. The molecule has 2 fully saturated rings. The summed E-state index contributed by atoms with van der Waals surface area (Å²) >= 11 is 7.19. The number of amides is 3. The molecule has 5 rings (SSSR count). The van der Waals surface area contributed by atoms with Crippen molar-refractivity contribution in [2.45, 2.75) is 33.1 Å². The fourth-order valence-electron chi connectivity index (χ4n) is 5.43. The molecule has 9 nitrogen and oxygen atoms in total. The maximum Gasteiger partial charge on any atom is 0.267 e. The quantitative estimate of drug-likeness (QED) is 0.348. The van der Waals surface area contributed by atoms with Crippen LogP contribution in [0, 0.1) is 13.8 Å². The topological polar surface area (TPSA) is 97.9 Å². The summed E-state index contributed by atoms with van der Waals surface area (Å²) in [4.78, 5) is 49.2. The normalized spacial score (nSPS) is 15.4. The molecule has 216 valence electrons. The summed E-state index contributed by atoms with van der Waals surface area (Å²) < 4.78 is 0.309. The first-order valence-electron chi connectivity index (χ1n) is 14.0. The van der Waals surface area contributed by atoms with Crippen molar-refractivity contribution in [2.75, 3.05) is 60.9 Å². The molecule has 0 aliphatic carbocycles. The van der Waals surface area contributed by atoms with E-state index in [2.05, 4.69) is 50.5 Å². The Morgan fingerprint density at radius 1 is 0.976 bits per heavy atom. The van der Waals surface area contributed by atoms with Crippen molar-refractivity contribution >= 4 is 57.7 Å². The Labute approximate surface area is 249 Å². The molecule has 1 aromatic heterocycles. The first-order valence-corrected chi connectivity index (χ1v) is 15.2. The van der Waals surface area contributed by atoms with Crippen molar-refractivity contribution < 1.29 is 14.4 Å². The van der Waals surface area contributed by atoms with Crippen molar-refractivity contribution in [3.05, 3.63) is 68.6 Å². The average molecular weight is 595 g/mol. The zero-order valence-electron chi connectivity index (χ0n) is 23.4. The van der Waals surface area contributed by atoms with Gasteiger partial charge in [0.2, 0.25) is 5.91 Å². The summed E-state index contributed by atoms with van der Waals surface area (Å²) in [5.74, 6) is -0.342. The van der Waals surface area contributed by atoms with Gasteiger partial charge in [-0.25, -0.2) is 4.98 Å². The molecule has 0 spiro atoms. The largest absolute Gasteiger partial charge is 0.368 e. The maximum atomic E-state index is 13.2. The molecular formula is C30H35ClN6O3S. The highest BCUT2D eigenvalue weighted by atomic mass is 35.5. The molecule has 0 bridgehead atoms. The van der Waals surface area contributed by atoms with Crippen molar-refractivity contribution in [3.8, 4) is 0 Å². The number of hydrogen-bond donors (Lipinski definition) is 2. The number of nitrogens with one attached hydrogen (secondary N) is 2. The van der Waals surface area contributed by atoms with Gasteiger partial charge in [-0.3, -0.25) is 14.4 Å². The minimum absolute atomic E-state index is 0.185. The molecule has 2 aliphatic rings. The van der Waals surface area contributed by atoms with Crippen molar-refractivity contribution in [2.24, 2.45) is 0 Å². The van der Waals surface area contributed by atoms with Crippen molar-refractivity contribution in [1.82, 2.24) is 15.2 Å². The Balaban J connectivity index is 1.30. The second kappa shape index (κ2) is 12.9. The summed E-state index contributed by atoms with van der Waals surface area (Å²) in [5, 5.41) is 5.98. The average Bonchev–Trinajstić information content (AvgIpc) is 3.54.